The van der Waals surface area contributed by atoms with Gasteiger partial charge in [0, 0.05) is 29.2 Å². The zero-order valence-electron chi connectivity index (χ0n) is 12.0. The first-order valence-electron chi connectivity index (χ1n) is 6.54. The van der Waals surface area contributed by atoms with E-state index in [0.717, 1.165) is 22.4 Å². The molecule has 2 aromatic rings. The number of aliphatic hydroxyl groups excluding tert-OH is 1. The molecule has 4 nitrogen and oxygen atoms in total. The van der Waals surface area contributed by atoms with Crippen molar-refractivity contribution in [1.29, 1.82) is 0 Å². The summed E-state index contributed by atoms with van der Waals surface area (Å²) in [5.41, 5.74) is 3.87. The minimum atomic E-state index is -0.202. The Labute approximate surface area is 123 Å². The van der Waals surface area contributed by atoms with Crippen LogP contribution in [0.1, 0.15) is 27.0 Å². The van der Waals surface area contributed by atoms with Crippen LogP contribution in [-0.2, 0) is 0 Å². The van der Waals surface area contributed by atoms with E-state index in [1.165, 1.54) is 0 Å². The van der Waals surface area contributed by atoms with Crippen LogP contribution in [0.25, 0.3) is 0 Å². The lowest BCUT2D eigenvalue weighted by molar-refractivity contribution is 0.102. The Kier molecular flexibility index (Phi) is 4.70. The van der Waals surface area contributed by atoms with Crippen molar-refractivity contribution in [2.24, 2.45) is 0 Å². The number of aryl methyl sites for hydroxylation is 2. The molecule has 106 valence electrons. The summed E-state index contributed by atoms with van der Waals surface area (Å²) >= 11 is 0. The van der Waals surface area contributed by atoms with Crippen molar-refractivity contribution in [2.45, 2.75) is 13.8 Å². The van der Waals surface area contributed by atoms with Crippen LogP contribution in [0.15, 0.2) is 36.7 Å². The molecule has 0 saturated carbocycles. The highest BCUT2D eigenvalue weighted by Gasteiger charge is 2.09. The molecule has 0 spiro atoms. The molecule has 0 aliphatic heterocycles. The molecular weight excluding hydrogens is 264 g/mol. The first-order valence-corrected chi connectivity index (χ1v) is 6.54. The van der Waals surface area contributed by atoms with Crippen molar-refractivity contribution >= 4 is 11.6 Å². The summed E-state index contributed by atoms with van der Waals surface area (Å²) in [5, 5.41) is 11.6. The first kappa shape index (κ1) is 14.8. The van der Waals surface area contributed by atoms with Crippen LogP contribution >= 0.6 is 0 Å². The number of amides is 1. The van der Waals surface area contributed by atoms with Crippen LogP contribution in [0, 0.1) is 25.7 Å². The Morgan fingerprint density at radius 3 is 2.81 bits per heavy atom. The number of pyridine rings is 1. The summed E-state index contributed by atoms with van der Waals surface area (Å²) in [4.78, 5) is 16.3. The predicted octanol–water partition coefficient (Wildman–Crippen LogP) is 2.29. The van der Waals surface area contributed by atoms with Gasteiger partial charge in [-0.3, -0.25) is 9.78 Å². The van der Waals surface area contributed by atoms with E-state index in [2.05, 4.69) is 22.1 Å². The molecule has 0 aliphatic rings. The van der Waals surface area contributed by atoms with Crippen molar-refractivity contribution in [3.05, 3.63) is 58.9 Å². The van der Waals surface area contributed by atoms with E-state index in [4.69, 9.17) is 5.11 Å². The minimum Gasteiger partial charge on any atom is -0.384 e. The number of carbonyl (C=O) groups is 1. The van der Waals surface area contributed by atoms with Gasteiger partial charge in [0.1, 0.15) is 6.61 Å². The molecule has 0 bridgehead atoms. The normalized spacial score (nSPS) is 9.67. The minimum absolute atomic E-state index is 0.198. The number of hydrogen-bond acceptors (Lipinski definition) is 3. The third kappa shape index (κ3) is 3.68. The van der Waals surface area contributed by atoms with Crippen molar-refractivity contribution < 1.29 is 9.90 Å². The molecule has 0 unspecified atom stereocenters. The number of aromatic nitrogens is 1. The molecule has 0 aliphatic carbocycles. The van der Waals surface area contributed by atoms with Crippen molar-refractivity contribution in [3.63, 3.8) is 0 Å². The number of benzene rings is 1. The van der Waals surface area contributed by atoms with Crippen LogP contribution in [0.3, 0.4) is 0 Å². The number of carbonyl (C=O) groups excluding carboxylic acids is 1. The van der Waals surface area contributed by atoms with Crippen LogP contribution in [0.2, 0.25) is 0 Å². The SMILES string of the molecule is Cc1ccc(C(=O)Nc2ccncc2C)cc1C#CCO. The number of anilines is 1. The summed E-state index contributed by atoms with van der Waals surface area (Å²) < 4.78 is 0. The predicted molar refractivity (Wildman–Crippen MR) is 82.1 cm³/mol. The molecule has 4 heteroatoms. The van der Waals surface area contributed by atoms with Gasteiger partial charge in [-0.1, -0.05) is 17.9 Å². The second-order valence-electron chi connectivity index (χ2n) is 4.63. The average Bonchev–Trinajstić information content (AvgIpc) is 2.48. The average molecular weight is 280 g/mol. The Morgan fingerprint density at radius 1 is 1.29 bits per heavy atom. The van der Waals surface area contributed by atoms with E-state index < -0.39 is 0 Å². The molecule has 0 atom stereocenters. The molecule has 1 amide bonds. The van der Waals surface area contributed by atoms with Crippen molar-refractivity contribution in [2.75, 3.05) is 11.9 Å². The molecule has 0 fully saturated rings. The maximum absolute atomic E-state index is 12.3. The first-order chi connectivity index (χ1) is 10.1. The number of hydrogen-bond donors (Lipinski definition) is 2. The zero-order valence-corrected chi connectivity index (χ0v) is 12.0. The van der Waals surface area contributed by atoms with Crippen molar-refractivity contribution in [1.82, 2.24) is 4.98 Å². The lowest BCUT2D eigenvalue weighted by Gasteiger charge is -2.08. The highest BCUT2D eigenvalue weighted by molar-refractivity contribution is 6.04. The van der Waals surface area contributed by atoms with Crippen LogP contribution in [-0.4, -0.2) is 22.6 Å². The number of nitrogens with one attached hydrogen (secondary N) is 1. The molecular formula is C17H16N2O2. The van der Waals surface area contributed by atoms with Gasteiger partial charge in [-0.15, -0.1) is 0 Å². The molecule has 21 heavy (non-hydrogen) atoms. The fourth-order valence-electron chi connectivity index (χ4n) is 1.84. The van der Waals surface area contributed by atoms with E-state index >= 15 is 0 Å². The summed E-state index contributed by atoms with van der Waals surface area (Å²) in [6, 6.07) is 7.08. The van der Waals surface area contributed by atoms with Gasteiger partial charge in [-0.25, -0.2) is 0 Å². The van der Waals surface area contributed by atoms with E-state index in [1.807, 2.05) is 19.9 Å². The van der Waals surface area contributed by atoms with E-state index in [1.54, 1.807) is 30.6 Å². The van der Waals surface area contributed by atoms with Gasteiger partial charge in [0.25, 0.3) is 5.91 Å². The van der Waals surface area contributed by atoms with Gasteiger partial charge in [0.2, 0.25) is 0 Å². The van der Waals surface area contributed by atoms with Crippen molar-refractivity contribution in [3.8, 4) is 11.8 Å². The van der Waals surface area contributed by atoms with Gasteiger partial charge in [-0.05, 0) is 43.2 Å². The molecule has 1 aromatic carbocycles. The second kappa shape index (κ2) is 6.69. The topological polar surface area (TPSA) is 62.2 Å². The van der Waals surface area contributed by atoms with Crippen LogP contribution in [0.4, 0.5) is 5.69 Å². The molecule has 0 saturated heterocycles. The Morgan fingerprint density at radius 2 is 2.10 bits per heavy atom. The van der Waals surface area contributed by atoms with E-state index in [9.17, 15) is 4.79 Å². The fraction of sp³-hybridized carbons (Fsp3) is 0.176. The third-order valence-electron chi connectivity index (χ3n) is 3.07. The van der Waals surface area contributed by atoms with Gasteiger partial charge >= 0.3 is 0 Å². The van der Waals surface area contributed by atoms with E-state index in [-0.39, 0.29) is 12.5 Å². The molecule has 0 radical (unpaired) electrons. The van der Waals surface area contributed by atoms with Crippen LogP contribution < -0.4 is 5.32 Å². The van der Waals surface area contributed by atoms with Gasteiger partial charge in [0.15, 0.2) is 0 Å². The number of nitrogens with zero attached hydrogens (tertiary/aromatic N) is 1. The summed E-state index contributed by atoms with van der Waals surface area (Å²) in [7, 11) is 0. The summed E-state index contributed by atoms with van der Waals surface area (Å²) in [6.07, 6.45) is 3.33. The fourth-order valence-corrected chi connectivity index (χ4v) is 1.84. The summed E-state index contributed by atoms with van der Waals surface area (Å²) in [5.74, 6) is 5.24. The Balaban J connectivity index is 2.26. The smallest absolute Gasteiger partial charge is 0.255 e. The largest absolute Gasteiger partial charge is 0.384 e. The lowest BCUT2D eigenvalue weighted by Crippen LogP contribution is -2.13. The quantitative estimate of drug-likeness (QED) is 0.830. The molecule has 1 aromatic heterocycles. The van der Waals surface area contributed by atoms with Gasteiger partial charge in [0.05, 0.1) is 0 Å². The Bertz CT molecular complexity index is 727. The molecule has 2 rings (SSSR count). The standard InChI is InChI=1S/C17H16N2O2/c1-12-5-6-15(10-14(12)4-3-9-20)17(21)19-16-7-8-18-11-13(16)2/h5-8,10-11,20H,9H2,1-2H3,(H,18,19,21). The monoisotopic (exact) mass is 280 g/mol. The van der Waals surface area contributed by atoms with E-state index in [0.29, 0.717) is 5.56 Å². The lowest BCUT2D eigenvalue weighted by atomic mass is 10.0. The maximum atomic E-state index is 12.3. The second-order valence-corrected chi connectivity index (χ2v) is 4.63. The third-order valence-corrected chi connectivity index (χ3v) is 3.07. The summed E-state index contributed by atoms with van der Waals surface area (Å²) in [6.45, 7) is 3.60. The van der Waals surface area contributed by atoms with Gasteiger partial charge < -0.3 is 10.4 Å². The van der Waals surface area contributed by atoms with Crippen LogP contribution in [0.5, 0.6) is 0 Å². The maximum Gasteiger partial charge on any atom is 0.255 e. The molecule has 2 N–H and O–H groups in total. The zero-order chi connectivity index (χ0) is 15.2. The Hall–Kier alpha value is -2.64. The molecule has 1 heterocycles. The number of rotatable bonds is 2. The highest BCUT2D eigenvalue weighted by atomic mass is 16.2. The van der Waals surface area contributed by atoms with Gasteiger partial charge in [-0.2, -0.15) is 0 Å². The number of aliphatic hydroxyl groups is 1. The highest BCUT2D eigenvalue weighted by Crippen LogP contribution is 2.15.